The first kappa shape index (κ1) is 12.5. The van der Waals surface area contributed by atoms with Gasteiger partial charge in [-0.25, -0.2) is 0 Å². The highest BCUT2D eigenvalue weighted by molar-refractivity contribution is 5.73. The van der Waals surface area contributed by atoms with E-state index in [4.69, 9.17) is 4.74 Å². The van der Waals surface area contributed by atoms with E-state index in [0.717, 1.165) is 12.0 Å². The minimum absolute atomic E-state index is 0.0314. The van der Waals surface area contributed by atoms with E-state index in [2.05, 4.69) is 0 Å². The van der Waals surface area contributed by atoms with Gasteiger partial charge < -0.3 is 9.64 Å². The van der Waals surface area contributed by atoms with Gasteiger partial charge in [0.25, 0.3) is 5.69 Å². The molecule has 1 amide bonds. The van der Waals surface area contributed by atoms with Crippen LogP contribution in [0, 0.1) is 10.1 Å². The molecule has 18 heavy (non-hydrogen) atoms. The summed E-state index contributed by atoms with van der Waals surface area (Å²) >= 11 is 0. The van der Waals surface area contributed by atoms with Gasteiger partial charge in [0.1, 0.15) is 0 Å². The standard InChI is InChI=1S/C12H14N2O4/c1-9(15)13-7-2-8-18-12(13)10-3-5-11(6-4-10)14(16)17/h3-6,12H,2,7-8H2,1H3/t12-/m0/s1. The Morgan fingerprint density at radius 3 is 2.67 bits per heavy atom. The van der Waals surface area contributed by atoms with Crippen molar-refractivity contribution in [3.8, 4) is 0 Å². The van der Waals surface area contributed by atoms with Crippen LogP contribution < -0.4 is 0 Å². The molecule has 1 aromatic carbocycles. The van der Waals surface area contributed by atoms with Crippen LogP contribution in [0.1, 0.15) is 25.1 Å². The first-order valence-electron chi connectivity index (χ1n) is 5.73. The lowest BCUT2D eigenvalue weighted by molar-refractivity contribution is -0.384. The van der Waals surface area contributed by atoms with Crippen LogP contribution in [-0.4, -0.2) is 28.9 Å². The van der Waals surface area contributed by atoms with Gasteiger partial charge in [-0.1, -0.05) is 0 Å². The zero-order valence-corrected chi connectivity index (χ0v) is 10.0. The number of carbonyl (C=O) groups is 1. The van der Waals surface area contributed by atoms with E-state index in [1.807, 2.05) is 0 Å². The molecular weight excluding hydrogens is 236 g/mol. The highest BCUT2D eigenvalue weighted by atomic mass is 16.6. The maximum Gasteiger partial charge on any atom is 0.269 e. The molecule has 6 heteroatoms. The second kappa shape index (κ2) is 5.14. The summed E-state index contributed by atoms with van der Waals surface area (Å²) in [7, 11) is 0. The van der Waals surface area contributed by atoms with Crippen LogP contribution in [0.15, 0.2) is 24.3 Å². The fraction of sp³-hybridized carbons (Fsp3) is 0.417. The fourth-order valence-corrected chi connectivity index (χ4v) is 2.00. The van der Waals surface area contributed by atoms with Gasteiger partial charge >= 0.3 is 0 Å². The molecule has 0 bridgehead atoms. The molecule has 0 saturated carbocycles. The van der Waals surface area contributed by atoms with Crippen LogP contribution >= 0.6 is 0 Å². The van der Waals surface area contributed by atoms with Crippen molar-refractivity contribution in [1.29, 1.82) is 0 Å². The monoisotopic (exact) mass is 250 g/mol. The van der Waals surface area contributed by atoms with Crippen molar-refractivity contribution in [2.75, 3.05) is 13.2 Å². The lowest BCUT2D eigenvalue weighted by atomic mass is 10.1. The molecule has 1 heterocycles. The molecule has 96 valence electrons. The van der Waals surface area contributed by atoms with Crippen molar-refractivity contribution >= 4 is 11.6 Å². The van der Waals surface area contributed by atoms with E-state index in [0.29, 0.717) is 13.2 Å². The van der Waals surface area contributed by atoms with Crippen molar-refractivity contribution in [2.45, 2.75) is 19.6 Å². The second-order valence-corrected chi connectivity index (χ2v) is 4.14. The molecular formula is C12H14N2O4. The Kier molecular flexibility index (Phi) is 3.57. The molecule has 1 fully saturated rings. The van der Waals surface area contributed by atoms with Crippen LogP contribution in [-0.2, 0) is 9.53 Å². The number of ether oxygens (including phenoxy) is 1. The number of amides is 1. The molecule has 1 saturated heterocycles. The van der Waals surface area contributed by atoms with Crippen LogP contribution in [0.4, 0.5) is 5.69 Å². The van der Waals surface area contributed by atoms with Gasteiger partial charge in [0.15, 0.2) is 6.23 Å². The van der Waals surface area contributed by atoms with Crippen molar-refractivity contribution in [2.24, 2.45) is 0 Å². The van der Waals surface area contributed by atoms with Crippen LogP contribution in [0.5, 0.6) is 0 Å². The third-order valence-electron chi connectivity index (χ3n) is 2.90. The summed E-state index contributed by atoms with van der Waals surface area (Å²) in [6.07, 6.45) is 0.375. The zero-order chi connectivity index (χ0) is 13.1. The molecule has 1 aromatic rings. The molecule has 0 radical (unpaired) electrons. The summed E-state index contributed by atoms with van der Waals surface area (Å²) in [5, 5.41) is 10.6. The minimum atomic E-state index is -0.450. The number of hydrogen-bond acceptors (Lipinski definition) is 4. The number of nitro benzene ring substituents is 1. The largest absolute Gasteiger partial charge is 0.354 e. The van der Waals surface area contributed by atoms with Crippen LogP contribution in [0.25, 0.3) is 0 Å². The van der Waals surface area contributed by atoms with E-state index in [1.165, 1.54) is 19.1 Å². The van der Waals surface area contributed by atoms with Gasteiger partial charge in [-0.15, -0.1) is 0 Å². The van der Waals surface area contributed by atoms with Gasteiger partial charge in [-0.05, 0) is 18.6 Å². The maximum absolute atomic E-state index is 11.5. The summed E-state index contributed by atoms with van der Waals surface area (Å²) in [4.78, 5) is 23.2. The Balaban J connectivity index is 2.23. The molecule has 2 rings (SSSR count). The Bertz CT molecular complexity index is 458. The quantitative estimate of drug-likeness (QED) is 0.593. The fourth-order valence-electron chi connectivity index (χ4n) is 2.00. The molecule has 0 aliphatic carbocycles. The smallest absolute Gasteiger partial charge is 0.269 e. The van der Waals surface area contributed by atoms with Crippen LogP contribution in [0.2, 0.25) is 0 Å². The van der Waals surface area contributed by atoms with E-state index < -0.39 is 11.2 Å². The Hall–Kier alpha value is -1.95. The topological polar surface area (TPSA) is 72.7 Å². The summed E-state index contributed by atoms with van der Waals surface area (Å²) in [6.45, 7) is 2.73. The summed E-state index contributed by atoms with van der Waals surface area (Å²) in [6, 6.07) is 6.10. The van der Waals surface area contributed by atoms with E-state index >= 15 is 0 Å². The highest BCUT2D eigenvalue weighted by Gasteiger charge is 2.26. The van der Waals surface area contributed by atoms with Gasteiger partial charge in [-0.2, -0.15) is 0 Å². The molecule has 0 unspecified atom stereocenters. The Labute approximate surface area is 104 Å². The molecule has 6 nitrogen and oxygen atoms in total. The average Bonchev–Trinajstić information content (AvgIpc) is 2.39. The van der Waals surface area contributed by atoms with Crippen molar-refractivity contribution < 1.29 is 14.5 Å². The zero-order valence-electron chi connectivity index (χ0n) is 10.0. The lowest BCUT2D eigenvalue weighted by Crippen LogP contribution is -2.39. The predicted molar refractivity (Wildman–Crippen MR) is 63.8 cm³/mol. The molecule has 1 atom stereocenters. The number of hydrogen-bond donors (Lipinski definition) is 0. The molecule has 1 aliphatic rings. The number of carbonyl (C=O) groups excluding carboxylic acids is 1. The Morgan fingerprint density at radius 1 is 1.44 bits per heavy atom. The normalized spacial score (nSPS) is 19.6. The molecule has 0 spiro atoms. The van der Waals surface area contributed by atoms with E-state index in [1.54, 1.807) is 17.0 Å². The number of non-ortho nitro benzene ring substituents is 1. The summed E-state index contributed by atoms with van der Waals surface area (Å²) < 4.78 is 5.57. The van der Waals surface area contributed by atoms with Gasteiger partial charge in [-0.3, -0.25) is 14.9 Å². The van der Waals surface area contributed by atoms with Crippen molar-refractivity contribution in [3.05, 3.63) is 39.9 Å². The maximum atomic E-state index is 11.5. The van der Waals surface area contributed by atoms with E-state index in [9.17, 15) is 14.9 Å². The predicted octanol–water partition coefficient (Wildman–Crippen LogP) is 1.86. The number of benzene rings is 1. The van der Waals surface area contributed by atoms with Crippen molar-refractivity contribution in [1.82, 2.24) is 4.90 Å². The summed E-state index contributed by atoms with van der Waals surface area (Å²) in [5.41, 5.74) is 0.791. The van der Waals surface area contributed by atoms with Gasteiger partial charge in [0.05, 0.1) is 11.5 Å². The first-order chi connectivity index (χ1) is 8.59. The second-order valence-electron chi connectivity index (χ2n) is 4.14. The third-order valence-corrected chi connectivity index (χ3v) is 2.90. The molecule has 0 N–H and O–H groups in total. The minimum Gasteiger partial charge on any atom is -0.354 e. The summed E-state index contributed by atoms with van der Waals surface area (Å²) in [5.74, 6) is -0.0574. The lowest BCUT2D eigenvalue weighted by Gasteiger charge is -2.35. The SMILES string of the molecule is CC(=O)N1CCCO[C@H]1c1ccc([N+](=O)[O-])cc1. The molecule has 1 aliphatic heterocycles. The number of nitrogens with zero attached hydrogens (tertiary/aromatic N) is 2. The first-order valence-corrected chi connectivity index (χ1v) is 5.73. The Morgan fingerprint density at radius 2 is 2.11 bits per heavy atom. The van der Waals surface area contributed by atoms with E-state index in [-0.39, 0.29) is 11.6 Å². The third kappa shape index (κ3) is 2.48. The van der Waals surface area contributed by atoms with Gasteiger partial charge in [0.2, 0.25) is 5.91 Å². The van der Waals surface area contributed by atoms with Gasteiger partial charge in [0, 0.05) is 31.2 Å². The number of rotatable bonds is 2. The average molecular weight is 250 g/mol. The van der Waals surface area contributed by atoms with Crippen molar-refractivity contribution in [3.63, 3.8) is 0 Å². The highest BCUT2D eigenvalue weighted by Crippen LogP contribution is 2.27. The van der Waals surface area contributed by atoms with Crippen LogP contribution in [0.3, 0.4) is 0 Å². The number of nitro groups is 1. The molecule has 0 aromatic heterocycles.